The van der Waals surface area contributed by atoms with E-state index < -0.39 is 37.3 Å². The van der Waals surface area contributed by atoms with E-state index in [0.717, 1.165) is 28.1 Å². The lowest BCUT2D eigenvalue weighted by Gasteiger charge is -2.26. The minimum atomic E-state index is -0.940. The van der Waals surface area contributed by atoms with Gasteiger partial charge in [-0.15, -0.1) is 11.6 Å². The lowest BCUT2D eigenvalue weighted by atomic mass is 9.85. The summed E-state index contributed by atoms with van der Waals surface area (Å²) in [6.07, 6.45) is 1.44. The first-order valence-corrected chi connectivity index (χ1v) is 27.4. The minimum absolute atomic E-state index is 0.0170. The van der Waals surface area contributed by atoms with Crippen LogP contribution >= 0.6 is 27.5 Å². The third kappa shape index (κ3) is 33.1. The zero-order valence-corrected chi connectivity index (χ0v) is 49.9. The van der Waals surface area contributed by atoms with Crippen molar-refractivity contribution >= 4 is 76.6 Å². The number of aliphatic carboxylic acids is 1. The maximum absolute atomic E-state index is 12.3. The Bertz CT molecular complexity index is 2150. The summed E-state index contributed by atoms with van der Waals surface area (Å²) < 4.78 is 26.9. The minimum Gasteiger partial charge on any atom is -0.496 e. The third-order valence-electron chi connectivity index (χ3n) is 10.6. The molecule has 78 heavy (non-hydrogen) atoms. The van der Waals surface area contributed by atoms with E-state index in [-0.39, 0.29) is 69.7 Å². The second-order valence-corrected chi connectivity index (χ2v) is 21.1. The van der Waals surface area contributed by atoms with Gasteiger partial charge in [0, 0.05) is 72.6 Å². The number of aliphatic hydroxyl groups is 4. The number of carboxylic acids is 1. The topological polar surface area (TPSA) is 322 Å². The number of nitrogens with one attached hydrogen (secondary N) is 2. The van der Waals surface area contributed by atoms with Crippen molar-refractivity contribution in [2.45, 2.75) is 123 Å². The number of nitrogens with zero attached hydrogens (tertiary/aromatic N) is 2. The van der Waals surface area contributed by atoms with Gasteiger partial charge in [-0.2, -0.15) is 0 Å². The van der Waals surface area contributed by atoms with Gasteiger partial charge in [0.1, 0.15) is 28.5 Å². The highest BCUT2D eigenvalue weighted by Crippen LogP contribution is 2.29. The average molecular weight is 1190 g/mol. The first-order valence-electron chi connectivity index (χ1n) is 25.7. The molecule has 3 atom stereocenters. The monoisotopic (exact) mass is 1190 g/mol. The third-order valence-corrected chi connectivity index (χ3v) is 11.1. The van der Waals surface area contributed by atoms with Crippen LogP contribution in [-0.4, -0.2) is 182 Å². The second-order valence-electron chi connectivity index (χ2n) is 19.9. The van der Waals surface area contributed by atoms with Gasteiger partial charge >= 0.3 is 32.0 Å². The molecule has 0 aliphatic heterocycles. The van der Waals surface area contributed by atoms with Crippen LogP contribution in [0.5, 0.6) is 17.2 Å². The molecule has 0 spiro atoms. The molecule has 0 saturated carbocycles. The number of anilines is 3. The number of methoxy groups -OCH3 is 3. The Morgan fingerprint density at radius 1 is 0.628 bits per heavy atom. The Hall–Kier alpha value is -4.59. The summed E-state index contributed by atoms with van der Waals surface area (Å²) in [5.74, 6) is 0.855. The van der Waals surface area contributed by atoms with E-state index in [1.165, 1.54) is 0 Å². The summed E-state index contributed by atoms with van der Waals surface area (Å²) in [6, 6.07) is 15.4. The van der Waals surface area contributed by atoms with Gasteiger partial charge < -0.3 is 91.0 Å². The zero-order valence-electron chi connectivity index (χ0n) is 47.6. The number of nitrogen functional groups attached to an aromatic ring is 1. The van der Waals surface area contributed by atoms with Gasteiger partial charge in [-0.25, -0.2) is 0 Å². The molecule has 3 aromatic rings. The van der Waals surface area contributed by atoms with Crippen molar-refractivity contribution < 1.29 is 73.6 Å². The van der Waals surface area contributed by atoms with E-state index in [0.29, 0.717) is 79.6 Å². The van der Waals surface area contributed by atoms with Crippen molar-refractivity contribution in [2.75, 3.05) is 101 Å². The van der Waals surface area contributed by atoms with E-state index in [2.05, 4.69) is 26.4 Å². The largest absolute Gasteiger partial charge is 0.496 e. The van der Waals surface area contributed by atoms with Crippen LogP contribution in [0.15, 0.2) is 54.6 Å². The smallest absolute Gasteiger partial charge is 0.373 e. The SMILES string of the molecule is COc1ccc(N(CCO)CCCl)cc1C[C@@H](CC(=O)OC(C)(C)C)NB(C)O.COc1ccc(N(CCO)CCO)cc1C[C@H](N)CC(=O)O.COc1ccc(N)cc1C[C@@H](CC(=O)OC(C)(C)C)NB(C)O.OCCBr. The number of nitrogens with two attached hydrogens (primary N) is 2. The van der Waals surface area contributed by atoms with Gasteiger partial charge in [0.15, 0.2) is 0 Å². The maximum Gasteiger partial charge on any atom is 0.373 e. The molecule has 25 heteroatoms. The summed E-state index contributed by atoms with van der Waals surface area (Å²) in [6.45, 7) is 16.2. The number of ether oxygens (including phenoxy) is 5. The predicted molar refractivity (Wildman–Crippen MR) is 314 cm³/mol. The number of esters is 2. The van der Waals surface area contributed by atoms with Gasteiger partial charge in [-0.3, -0.25) is 14.4 Å². The molecule has 442 valence electrons. The molecule has 0 heterocycles. The van der Waals surface area contributed by atoms with Crippen molar-refractivity contribution in [3.8, 4) is 17.2 Å². The van der Waals surface area contributed by atoms with E-state index >= 15 is 0 Å². The molecule has 0 bridgehead atoms. The molecule has 0 unspecified atom stereocenters. The molecule has 3 rings (SSSR count). The molecule has 0 saturated heterocycles. The van der Waals surface area contributed by atoms with Crippen molar-refractivity contribution in [1.82, 2.24) is 10.5 Å². The first-order chi connectivity index (χ1) is 36.6. The zero-order chi connectivity index (χ0) is 59.6. The molecule has 0 amide bonds. The average Bonchev–Trinajstić information content (AvgIpc) is 3.32. The summed E-state index contributed by atoms with van der Waals surface area (Å²) in [4.78, 5) is 38.9. The fraction of sp³-hybridized carbons (Fsp3) is 0.604. The molecule has 0 radical (unpaired) electrons. The van der Waals surface area contributed by atoms with Crippen LogP contribution in [-0.2, 0) is 43.1 Å². The highest BCUT2D eigenvalue weighted by Gasteiger charge is 2.26. The molecule has 21 nitrogen and oxygen atoms in total. The van der Waals surface area contributed by atoms with E-state index in [1.54, 1.807) is 53.2 Å². The van der Waals surface area contributed by atoms with E-state index in [1.807, 2.05) is 87.7 Å². The highest BCUT2D eigenvalue weighted by atomic mass is 79.9. The van der Waals surface area contributed by atoms with E-state index in [9.17, 15) is 29.5 Å². The van der Waals surface area contributed by atoms with Crippen molar-refractivity contribution in [3.05, 3.63) is 71.3 Å². The number of alkyl halides is 2. The normalized spacial score (nSPS) is 12.1. The second kappa shape index (κ2) is 39.7. The van der Waals surface area contributed by atoms with Crippen LogP contribution in [0.2, 0.25) is 13.6 Å². The molecule has 13 N–H and O–H groups in total. The van der Waals surface area contributed by atoms with Crippen LogP contribution in [0.3, 0.4) is 0 Å². The number of hydrogen-bond donors (Lipinski definition) is 11. The summed E-state index contributed by atoms with van der Waals surface area (Å²) in [5.41, 5.74) is 15.5. The van der Waals surface area contributed by atoms with Gasteiger partial charge in [0.05, 0.1) is 67.0 Å². The maximum atomic E-state index is 12.3. The molecule has 0 aliphatic carbocycles. The fourth-order valence-corrected chi connectivity index (χ4v) is 7.95. The standard InChI is InChI=1S/C20H34BClN2O5.C16H27BN2O4.C15H24N2O5.C2H5BrO/c1-20(2,3)29-19(26)14-16(23-21(4)27)12-15-13-17(6-7-18(15)28-5)24(9-8-22)10-11-25;1-16(2,3)23-15(20)10-13(19-17(4)21)9-11-8-12(18)6-7-14(11)22-5;1-22-14-3-2-13(17(4-6-18)5-7-19)9-11(14)8-12(16)10-15(20)21;3-1-2-4/h6-7,13,16,23,25,27H,8-12,14H2,1-5H3;6-8,13,19,21H,9-10,18H2,1-5H3;2-3,9,12,18-19H,4-8,10,16H2,1H3,(H,20,21);4H,1-2H2/t16-;13-;12-;/m000./s1. The van der Waals surface area contributed by atoms with Gasteiger partial charge in [0.25, 0.3) is 0 Å². The molecule has 0 fully saturated rings. The van der Waals surface area contributed by atoms with Gasteiger partial charge in [-0.05, 0) is 146 Å². The Balaban J connectivity index is 0.00000111. The number of hydrogen-bond acceptors (Lipinski definition) is 20. The number of carboxylic acid groups (broad SMARTS) is 1. The number of aliphatic hydroxyl groups excluding tert-OH is 4. The Kier molecular flexibility index (Phi) is 37.4. The van der Waals surface area contributed by atoms with Crippen LogP contribution in [0.25, 0.3) is 0 Å². The van der Waals surface area contributed by atoms with Gasteiger partial charge in [0.2, 0.25) is 0 Å². The summed E-state index contributed by atoms with van der Waals surface area (Å²) in [7, 11) is 3.20. The summed E-state index contributed by atoms with van der Waals surface area (Å²) >= 11 is 8.89. The summed E-state index contributed by atoms with van der Waals surface area (Å²) in [5, 5.41) is 70.3. The molecule has 3 aromatic carbocycles. The lowest BCUT2D eigenvalue weighted by molar-refractivity contribution is -0.156. The molecule has 0 aliphatic rings. The number of halogens is 2. The Labute approximate surface area is 476 Å². The van der Waals surface area contributed by atoms with Crippen molar-refractivity contribution in [2.24, 2.45) is 5.73 Å². The van der Waals surface area contributed by atoms with E-state index in [4.69, 9.17) is 67.2 Å². The van der Waals surface area contributed by atoms with Crippen molar-refractivity contribution in [3.63, 3.8) is 0 Å². The van der Waals surface area contributed by atoms with Gasteiger partial charge in [-0.1, -0.05) is 15.9 Å². The Morgan fingerprint density at radius 3 is 1.31 bits per heavy atom. The lowest BCUT2D eigenvalue weighted by Crippen LogP contribution is -2.43. The number of benzene rings is 3. The molecular weight excluding hydrogens is 1100 g/mol. The van der Waals surface area contributed by atoms with Crippen LogP contribution in [0, 0.1) is 0 Å². The number of carbonyl (C=O) groups is 3. The predicted octanol–water partition coefficient (Wildman–Crippen LogP) is 3.90. The number of carbonyl (C=O) groups excluding carboxylic acids is 2. The van der Waals surface area contributed by atoms with Crippen LogP contribution in [0.1, 0.15) is 77.5 Å². The molecular formula is C53H90B2BrClN6O15. The highest BCUT2D eigenvalue weighted by molar-refractivity contribution is 9.09. The Morgan fingerprint density at radius 2 is 0.987 bits per heavy atom. The molecule has 0 aromatic heterocycles. The first kappa shape index (κ1) is 73.4. The van der Waals surface area contributed by atoms with Crippen LogP contribution in [0.4, 0.5) is 17.1 Å². The van der Waals surface area contributed by atoms with Crippen molar-refractivity contribution in [1.29, 1.82) is 0 Å². The number of rotatable bonds is 30. The van der Waals surface area contributed by atoms with Crippen LogP contribution < -0.4 is 45.9 Å². The quantitative estimate of drug-likeness (QED) is 0.0195. The fourth-order valence-electron chi connectivity index (χ4n) is 7.75.